The van der Waals surface area contributed by atoms with E-state index in [0.717, 1.165) is 11.1 Å². The molecule has 1 heterocycles. The fourth-order valence-electron chi connectivity index (χ4n) is 1.94. The number of hydrogen-bond acceptors (Lipinski definition) is 3. The van der Waals surface area contributed by atoms with Crippen molar-refractivity contribution in [2.75, 3.05) is 0 Å². The van der Waals surface area contributed by atoms with E-state index in [9.17, 15) is 13.2 Å². The van der Waals surface area contributed by atoms with Gasteiger partial charge in [-0.1, -0.05) is 53.7 Å². The Morgan fingerprint density at radius 2 is 1.62 bits per heavy atom. The maximum absolute atomic E-state index is 12.5. The fourth-order valence-corrected chi connectivity index (χ4v) is 1.94. The van der Waals surface area contributed by atoms with Crippen LogP contribution < -0.4 is 0 Å². The van der Waals surface area contributed by atoms with Crippen LogP contribution in [0.15, 0.2) is 53.1 Å². The molecule has 0 aliphatic rings. The second-order valence-electron chi connectivity index (χ2n) is 4.26. The average Bonchev–Trinajstić information content (AvgIpc) is 2.98. The summed E-state index contributed by atoms with van der Waals surface area (Å²) in [6, 6.07) is 16.9. The lowest BCUT2D eigenvalue weighted by molar-refractivity contribution is -0.159. The molecular formula is C15H8F3N2O. The lowest BCUT2D eigenvalue weighted by atomic mass is 9.99. The molecule has 3 nitrogen and oxygen atoms in total. The molecule has 0 saturated carbocycles. The van der Waals surface area contributed by atoms with Gasteiger partial charge in [0.05, 0.1) is 0 Å². The number of hydrogen-bond donors (Lipinski definition) is 0. The fraction of sp³-hybridized carbons (Fsp3) is 0.0667. The monoisotopic (exact) mass is 289 g/mol. The predicted molar refractivity (Wildman–Crippen MR) is 69.0 cm³/mol. The van der Waals surface area contributed by atoms with Gasteiger partial charge in [-0.2, -0.15) is 18.2 Å². The first-order chi connectivity index (χ1) is 10.1. The number of nitrogens with zero attached hydrogens (tertiary/aromatic N) is 2. The number of halogens is 3. The van der Waals surface area contributed by atoms with Gasteiger partial charge in [0.15, 0.2) is 0 Å². The Balaban J connectivity index is 2.10. The zero-order chi connectivity index (χ0) is 14.9. The number of benzene rings is 2. The van der Waals surface area contributed by atoms with E-state index in [4.69, 9.17) is 0 Å². The molecule has 0 unspecified atom stereocenters. The van der Waals surface area contributed by atoms with Crippen molar-refractivity contribution in [3.05, 3.63) is 60.5 Å². The van der Waals surface area contributed by atoms with Crippen LogP contribution in [0.25, 0.3) is 22.5 Å². The highest BCUT2D eigenvalue weighted by molar-refractivity contribution is 5.80. The number of aromatic nitrogens is 2. The lowest BCUT2D eigenvalue weighted by Crippen LogP contribution is -2.04. The van der Waals surface area contributed by atoms with E-state index in [1.165, 1.54) is 0 Å². The zero-order valence-electron chi connectivity index (χ0n) is 10.6. The summed E-state index contributed by atoms with van der Waals surface area (Å²) in [4.78, 5) is 3.43. The molecule has 0 atom stereocenters. The summed E-state index contributed by atoms with van der Waals surface area (Å²) < 4.78 is 41.9. The number of rotatable bonds is 2. The topological polar surface area (TPSA) is 38.9 Å². The van der Waals surface area contributed by atoms with Crippen molar-refractivity contribution >= 4 is 0 Å². The molecule has 0 spiro atoms. The van der Waals surface area contributed by atoms with E-state index in [-0.39, 0.29) is 5.82 Å². The van der Waals surface area contributed by atoms with Crippen LogP contribution in [0.1, 0.15) is 5.89 Å². The molecule has 105 valence electrons. The molecule has 0 N–H and O–H groups in total. The molecule has 1 aromatic heterocycles. The first kappa shape index (κ1) is 13.4. The van der Waals surface area contributed by atoms with Gasteiger partial charge in [0.1, 0.15) is 0 Å². The third-order valence-corrected chi connectivity index (χ3v) is 2.87. The highest BCUT2D eigenvalue weighted by atomic mass is 19.4. The van der Waals surface area contributed by atoms with Crippen LogP contribution in [-0.4, -0.2) is 10.1 Å². The van der Waals surface area contributed by atoms with Crippen molar-refractivity contribution in [2.24, 2.45) is 0 Å². The van der Waals surface area contributed by atoms with Crippen LogP contribution in [0, 0.1) is 6.07 Å². The molecule has 0 aliphatic carbocycles. The van der Waals surface area contributed by atoms with E-state index in [1.54, 1.807) is 36.4 Å². The van der Waals surface area contributed by atoms with E-state index in [2.05, 4.69) is 20.7 Å². The van der Waals surface area contributed by atoms with Gasteiger partial charge in [-0.3, -0.25) is 0 Å². The lowest BCUT2D eigenvalue weighted by Gasteiger charge is -2.05. The summed E-state index contributed by atoms with van der Waals surface area (Å²) in [5, 5.41) is 3.43. The van der Waals surface area contributed by atoms with Crippen molar-refractivity contribution in [2.45, 2.75) is 6.18 Å². The van der Waals surface area contributed by atoms with Crippen molar-refractivity contribution in [1.82, 2.24) is 10.1 Å². The van der Waals surface area contributed by atoms with Crippen LogP contribution in [0.4, 0.5) is 13.2 Å². The molecule has 0 amide bonds. The molecule has 0 aliphatic heterocycles. The molecular weight excluding hydrogens is 281 g/mol. The standard InChI is InChI=1S/C15H8F3N2O/c16-15(17,18)14-19-13(20-21-14)12-9-5-4-8-11(12)10-6-2-1-3-7-10/h2-9H. The Morgan fingerprint density at radius 1 is 0.952 bits per heavy atom. The molecule has 21 heavy (non-hydrogen) atoms. The van der Waals surface area contributed by atoms with Crippen LogP contribution >= 0.6 is 0 Å². The molecule has 1 radical (unpaired) electrons. The maximum Gasteiger partial charge on any atom is 0.471 e. The summed E-state index contributed by atoms with van der Waals surface area (Å²) in [6.45, 7) is 0. The van der Waals surface area contributed by atoms with Gasteiger partial charge in [-0.25, -0.2) is 0 Å². The quantitative estimate of drug-likeness (QED) is 0.709. The first-order valence-electron chi connectivity index (χ1n) is 6.02. The maximum atomic E-state index is 12.5. The summed E-state index contributed by atoms with van der Waals surface area (Å²) in [7, 11) is 0. The molecule has 0 bridgehead atoms. The molecule has 0 fully saturated rings. The minimum atomic E-state index is -4.65. The Labute approximate surface area is 118 Å². The summed E-state index contributed by atoms with van der Waals surface area (Å²) >= 11 is 0. The molecule has 0 saturated heterocycles. The zero-order valence-corrected chi connectivity index (χ0v) is 10.6. The minimum Gasteiger partial charge on any atom is -0.329 e. The van der Waals surface area contributed by atoms with Crippen molar-refractivity contribution in [1.29, 1.82) is 0 Å². The van der Waals surface area contributed by atoms with Crippen molar-refractivity contribution in [3.8, 4) is 22.5 Å². The van der Waals surface area contributed by atoms with Gasteiger partial charge in [0, 0.05) is 5.56 Å². The minimum absolute atomic E-state index is 0.0919. The highest BCUT2D eigenvalue weighted by Gasteiger charge is 2.38. The third kappa shape index (κ3) is 2.65. The SMILES string of the molecule is FC(F)(F)c1nc(-c2ccccc2-c2cc[c]cc2)no1. The van der Waals surface area contributed by atoms with Crippen LogP contribution in [-0.2, 0) is 6.18 Å². The van der Waals surface area contributed by atoms with Gasteiger partial charge in [-0.05, 0) is 17.2 Å². The molecule has 6 heteroatoms. The van der Waals surface area contributed by atoms with E-state index < -0.39 is 12.1 Å². The van der Waals surface area contributed by atoms with Gasteiger partial charge in [0.2, 0.25) is 5.82 Å². The van der Waals surface area contributed by atoms with Gasteiger partial charge < -0.3 is 4.52 Å². The van der Waals surface area contributed by atoms with Gasteiger partial charge in [0.25, 0.3) is 0 Å². The highest BCUT2D eigenvalue weighted by Crippen LogP contribution is 2.33. The summed E-state index contributed by atoms with van der Waals surface area (Å²) in [5.41, 5.74) is 2.03. The smallest absolute Gasteiger partial charge is 0.329 e. The second kappa shape index (κ2) is 5.05. The molecule has 3 aromatic rings. The average molecular weight is 289 g/mol. The van der Waals surface area contributed by atoms with Gasteiger partial charge >= 0.3 is 12.1 Å². The van der Waals surface area contributed by atoms with E-state index in [1.807, 2.05) is 12.1 Å². The summed E-state index contributed by atoms with van der Waals surface area (Å²) in [5.74, 6) is -1.44. The molecule has 3 rings (SSSR count). The largest absolute Gasteiger partial charge is 0.471 e. The van der Waals surface area contributed by atoms with Crippen LogP contribution in [0.5, 0.6) is 0 Å². The Morgan fingerprint density at radius 3 is 2.24 bits per heavy atom. The Kier molecular flexibility index (Phi) is 3.21. The first-order valence-corrected chi connectivity index (χ1v) is 6.02. The summed E-state index contributed by atoms with van der Waals surface area (Å²) in [6.07, 6.45) is -4.65. The van der Waals surface area contributed by atoms with Crippen molar-refractivity contribution < 1.29 is 17.7 Å². The molecule has 2 aromatic carbocycles. The van der Waals surface area contributed by atoms with Crippen molar-refractivity contribution in [3.63, 3.8) is 0 Å². The predicted octanol–water partition coefficient (Wildman–Crippen LogP) is 4.22. The second-order valence-corrected chi connectivity index (χ2v) is 4.26. The van der Waals surface area contributed by atoms with E-state index >= 15 is 0 Å². The third-order valence-electron chi connectivity index (χ3n) is 2.87. The van der Waals surface area contributed by atoms with E-state index in [0.29, 0.717) is 5.56 Å². The number of alkyl halides is 3. The van der Waals surface area contributed by atoms with Crippen LogP contribution in [0.2, 0.25) is 0 Å². The van der Waals surface area contributed by atoms with Gasteiger partial charge in [-0.15, -0.1) is 0 Å². The van der Waals surface area contributed by atoms with Crippen LogP contribution in [0.3, 0.4) is 0 Å². The Hall–Kier alpha value is -2.63. The Bertz CT molecular complexity index is 751. The normalized spacial score (nSPS) is 11.6.